The molecule has 114 valence electrons. The first kappa shape index (κ1) is 15.6. The molecule has 0 radical (unpaired) electrons. The van der Waals surface area contributed by atoms with Gasteiger partial charge in [-0.05, 0) is 12.1 Å². The van der Waals surface area contributed by atoms with E-state index in [-0.39, 0.29) is 11.1 Å². The number of halogens is 5. The van der Waals surface area contributed by atoms with E-state index in [0.29, 0.717) is 6.29 Å². The molecule has 0 unspecified atom stereocenters. The topological polar surface area (TPSA) is 43.4 Å². The van der Waals surface area contributed by atoms with Crippen LogP contribution < -0.4 is 4.74 Å². The standard InChI is InChI=1S/C14H5F5O3/c15-8-9(16)11(18)13(12(19)10(8)17)22-14(21)7-3-1-2-6(4-7)5-20/h1-5H. The molecule has 8 heteroatoms. The van der Waals surface area contributed by atoms with E-state index in [1.54, 1.807) is 0 Å². The second-order valence-electron chi connectivity index (χ2n) is 4.03. The van der Waals surface area contributed by atoms with Gasteiger partial charge in [-0.15, -0.1) is 0 Å². The first-order valence-corrected chi connectivity index (χ1v) is 5.65. The molecule has 0 aliphatic rings. The molecule has 3 nitrogen and oxygen atoms in total. The minimum Gasteiger partial charge on any atom is -0.416 e. The fraction of sp³-hybridized carbons (Fsp3) is 0. The third kappa shape index (κ3) is 2.67. The van der Waals surface area contributed by atoms with Crippen LogP contribution in [0.4, 0.5) is 22.0 Å². The van der Waals surface area contributed by atoms with Gasteiger partial charge in [-0.25, -0.2) is 18.0 Å². The highest BCUT2D eigenvalue weighted by atomic mass is 19.2. The molecule has 0 spiro atoms. The lowest BCUT2D eigenvalue weighted by Crippen LogP contribution is -2.14. The van der Waals surface area contributed by atoms with Crippen LogP contribution in [0, 0.1) is 29.1 Å². The maximum Gasteiger partial charge on any atom is 0.343 e. The minimum atomic E-state index is -2.36. The molecule has 0 fully saturated rings. The van der Waals surface area contributed by atoms with Crippen molar-refractivity contribution in [1.82, 2.24) is 0 Å². The van der Waals surface area contributed by atoms with E-state index in [4.69, 9.17) is 0 Å². The summed E-state index contributed by atoms with van der Waals surface area (Å²) in [7, 11) is 0. The number of aldehydes is 1. The molecule has 0 saturated heterocycles. The summed E-state index contributed by atoms with van der Waals surface area (Å²) in [6.45, 7) is 0. The summed E-state index contributed by atoms with van der Waals surface area (Å²) in [4.78, 5) is 22.2. The van der Waals surface area contributed by atoms with Crippen LogP contribution >= 0.6 is 0 Å². The Morgan fingerprint density at radius 1 is 0.909 bits per heavy atom. The summed E-state index contributed by atoms with van der Waals surface area (Å²) in [5, 5.41) is 0. The largest absolute Gasteiger partial charge is 0.416 e. The van der Waals surface area contributed by atoms with Gasteiger partial charge in [-0.3, -0.25) is 4.79 Å². The number of benzene rings is 2. The van der Waals surface area contributed by atoms with Gasteiger partial charge in [0.15, 0.2) is 0 Å². The van der Waals surface area contributed by atoms with Gasteiger partial charge in [0, 0.05) is 5.56 Å². The Balaban J connectivity index is 2.42. The molecule has 22 heavy (non-hydrogen) atoms. The predicted octanol–water partition coefficient (Wildman–Crippen LogP) is 3.41. The number of ether oxygens (including phenoxy) is 1. The Bertz CT molecular complexity index is 744. The average molecular weight is 316 g/mol. The second-order valence-corrected chi connectivity index (χ2v) is 4.03. The first-order chi connectivity index (χ1) is 10.4. The molecule has 0 N–H and O–H groups in total. The number of hydrogen-bond acceptors (Lipinski definition) is 3. The molecule has 2 aromatic rings. The molecule has 0 amide bonds. The van der Waals surface area contributed by atoms with Crippen LogP contribution in [0.25, 0.3) is 0 Å². The van der Waals surface area contributed by atoms with Crippen molar-refractivity contribution < 1.29 is 36.3 Å². The van der Waals surface area contributed by atoms with Crippen molar-refractivity contribution in [2.24, 2.45) is 0 Å². The lowest BCUT2D eigenvalue weighted by Gasteiger charge is -2.09. The summed E-state index contributed by atoms with van der Waals surface area (Å²) in [6.07, 6.45) is 0.398. The number of rotatable bonds is 3. The van der Waals surface area contributed by atoms with Crippen molar-refractivity contribution >= 4 is 12.3 Å². The normalized spacial score (nSPS) is 10.4. The molecule has 0 heterocycles. The quantitative estimate of drug-likeness (QED) is 0.218. The van der Waals surface area contributed by atoms with Gasteiger partial charge in [0.05, 0.1) is 5.56 Å². The zero-order chi connectivity index (χ0) is 16.4. The lowest BCUT2D eigenvalue weighted by atomic mass is 10.1. The van der Waals surface area contributed by atoms with Gasteiger partial charge in [0.2, 0.25) is 34.8 Å². The van der Waals surface area contributed by atoms with Gasteiger partial charge in [0.25, 0.3) is 0 Å². The van der Waals surface area contributed by atoms with Crippen molar-refractivity contribution in [3.05, 3.63) is 64.5 Å². The summed E-state index contributed by atoms with van der Waals surface area (Å²) < 4.78 is 69.8. The molecule has 0 saturated carbocycles. The van der Waals surface area contributed by atoms with Crippen LogP contribution in [0.1, 0.15) is 20.7 Å². The Labute approximate surface area is 119 Å². The van der Waals surface area contributed by atoms with E-state index in [1.165, 1.54) is 12.1 Å². The summed E-state index contributed by atoms with van der Waals surface area (Å²) in [6, 6.07) is 4.78. The van der Waals surface area contributed by atoms with E-state index >= 15 is 0 Å². The zero-order valence-electron chi connectivity index (χ0n) is 10.5. The predicted molar refractivity (Wildman–Crippen MR) is 63.0 cm³/mol. The van der Waals surface area contributed by atoms with Crippen LogP contribution in [0.5, 0.6) is 5.75 Å². The third-order valence-corrected chi connectivity index (χ3v) is 2.62. The van der Waals surface area contributed by atoms with Crippen LogP contribution in [0.15, 0.2) is 24.3 Å². The maximum absolute atomic E-state index is 13.4. The van der Waals surface area contributed by atoms with Crippen molar-refractivity contribution in [2.45, 2.75) is 0 Å². The first-order valence-electron chi connectivity index (χ1n) is 5.65. The highest BCUT2D eigenvalue weighted by Crippen LogP contribution is 2.29. The Morgan fingerprint density at radius 3 is 2.00 bits per heavy atom. The number of carbonyl (C=O) groups is 2. The molecular formula is C14H5F5O3. The molecule has 0 atom stereocenters. The van der Waals surface area contributed by atoms with Crippen molar-refractivity contribution in [2.75, 3.05) is 0 Å². The number of carbonyl (C=O) groups excluding carboxylic acids is 2. The zero-order valence-corrected chi connectivity index (χ0v) is 10.5. The fourth-order valence-corrected chi connectivity index (χ4v) is 1.56. The van der Waals surface area contributed by atoms with Gasteiger partial charge in [0.1, 0.15) is 6.29 Å². The van der Waals surface area contributed by atoms with Crippen LogP contribution in [-0.2, 0) is 0 Å². The average Bonchev–Trinajstić information content (AvgIpc) is 2.55. The van der Waals surface area contributed by atoms with Gasteiger partial charge >= 0.3 is 5.97 Å². The minimum absolute atomic E-state index is 0.0619. The number of hydrogen-bond donors (Lipinski definition) is 0. The lowest BCUT2D eigenvalue weighted by molar-refractivity contribution is 0.0716. The summed E-state index contributed by atoms with van der Waals surface area (Å²) >= 11 is 0. The molecule has 0 aliphatic heterocycles. The molecule has 0 aromatic heterocycles. The van der Waals surface area contributed by atoms with E-state index < -0.39 is 40.8 Å². The van der Waals surface area contributed by atoms with Crippen molar-refractivity contribution in [3.8, 4) is 5.75 Å². The van der Waals surface area contributed by atoms with Crippen molar-refractivity contribution in [1.29, 1.82) is 0 Å². The van der Waals surface area contributed by atoms with Gasteiger partial charge < -0.3 is 4.74 Å². The molecule has 2 aromatic carbocycles. The highest BCUT2D eigenvalue weighted by Gasteiger charge is 2.28. The molecule has 0 bridgehead atoms. The summed E-state index contributed by atoms with van der Waals surface area (Å²) in [5.41, 5.74) is -0.236. The molecule has 0 aliphatic carbocycles. The highest BCUT2D eigenvalue weighted by molar-refractivity contribution is 5.93. The Morgan fingerprint density at radius 2 is 1.45 bits per heavy atom. The fourth-order valence-electron chi connectivity index (χ4n) is 1.56. The van der Waals surface area contributed by atoms with Crippen LogP contribution in [0.2, 0.25) is 0 Å². The summed E-state index contributed by atoms with van der Waals surface area (Å²) in [5.74, 6) is -14.5. The van der Waals surface area contributed by atoms with E-state index in [0.717, 1.165) is 12.1 Å². The molecular weight excluding hydrogens is 311 g/mol. The Kier molecular flexibility index (Phi) is 4.20. The number of esters is 1. The SMILES string of the molecule is O=Cc1cccc(C(=O)Oc2c(F)c(F)c(F)c(F)c2F)c1. The Hall–Kier alpha value is -2.77. The van der Waals surface area contributed by atoms with E-state index in [1.807, 2.05) is 0 Å². The van der Waals surface area contributed by atoms with Gasteiger partial charge in [-0.1, -0.05) is 12.1 Å². The smallest absolute Gasteiger partial charge is 0.343 e. The second kappa shape index (κ2) is 5.92. The molecule has 2 rings (SSSR count). The van der Waals surface area contributed by atoms with Gasteiger partial charge in [-0.2, -0.15) is 8.78 Å². The monoisotopic (exact) mass is 316 g/mol. The van der Waals surface area contributed by atoms with Crippen LogP contribution in [0.3, 0.4) is 0 Å². The van der Waals surface area contributed by atoms with Crippen molar-refractivity contribution in [3.63, 3.8) is 0 Å². The van der Waals surface area contributed by atoms with E-state index in [2.05, 4.69) is 4.74 Å². The van der Waals surface area contributed by atoms with E-state index in [9.17, 15) is 31.5 Å². The third-order valence-electron chi connectivity index (χ3n) is 2.62. The van der Waals surface area contributed by atoms with Crippen LogP contribution in [-0.4, -0.2) is 12.3 Å². The maximum atomic E-state index is 13.4.